The summed E-state index contributed by atoms with van der Waals surface area (Å²) in [4.78, 5) is 3.33. The summed E-state index contributed by atoms with van der Waals surface area (Å²) < 4.78 is 5.40. The Morgan fingerprint density at radius 2 is 1.81 bits per heavy atom. The molecule has 4 aromatic rings. The Morgan fingerprint density at radius 1 is 1.03 bits per heavy atom. The molecular weight excluding hydrogens is 396 g/mol. The first kappa shape index (κ1) is 21.1. The van der Waals surface area contributed by atoms with E-state index in [0.717, 1.165) is 46.2 Å². The Labute approximate surface area is 187 Å². The van der Waals surface area contributed by atoms with E-state index in [0.29, 0.717) is 0 Å². The highest BCUT2D eigenvalue weighted by molar-refractivity contribution is 5.83. The molecule has 0 spiro atoms. The van der Waals surface area contributed by atoms with Gasteiger partial charge >= 0.3 is 0 Å². The van der Waals surface area contributed by atoms with Crippen molar-refractivity contribution in [2.24, 2.45) is 5.73 Å². The van der Waals surface area contributed by atoms with Crippen LogP contribution in [0.25, 0.3) is 23.2 Å². The van der Waals surface area contributed by atoms with Crippen LogP contribution in [0.2, 0.25) is 0 Å². The molecule has 0 aliphatic heterocycles. The van der Waals surface area contributed by atoms with Gasteiger partial charge in [0, 0.05) is 51.2 Å². The summed E-state index contributed by atoms with van der Waals surface area (Å²) in [6.45, 7) is 5.01. The number of rotatable bonds is 8. The second-order valence-electron chi connectivity index (χ2n) is 7.50. The molecule has 0 aliphatic carbocycles. The maximum Gasteiger partial charge on any atom is 0.126 e. The molecular formula is C27H28N4O. The monoisotopic (exact) mass is 424 g/mol. The van der Waals surface area contributed by atoms with E-state index in [9.17, 15) is 0 Å². The van der Waals surface area contributed by atoms with Crippen molar-refractivity contribution in [3.05, 3.63) is 101 Å². The summed E-state index contributed by atoms with van der Waals surface area (Å²) in [5.74, 6) is 0.738. The summed E-state index contributed by atoms with van der Waals surface area (Å²) in [5.41, 5.74) is 11.1. The molecule has 1 heterocycles. The van der Waals surface area contributed by atoms with E-state index in [4.69, 9.17) is 10.5 Å². The molecule has 0 bridgehead atoms. The summed E-state index contributed by atoms with van der Waals surface area (Å²) in [6, 6.07) is 22.4. The van der Waals surface area contributed by atoms with Gasteiger partial charge in [0.15, 0.2) is 0 Å². The first-order chi connectivity index (χ1) is 15.7. The highest BCUT2D eigenvalue weighted by Gasteiger charge is 2.04. The number of H-pyrrole nitrogens is 1. The van der Waals surface area contributed by atoms with E-state index in [1.807, 2.05) is 36.4 Å². The van der Waals surface area contributed by atoms with Crippen LogP contribution in [0.4, 0.5) is 11.4 Å². The van der Waals surface area contributed by atoms with Gasteiger partial charge in [-0.25, -0.2) is 0 Å². The van der Waals surface area contributed by atoms with Crippen LogP contribution in [0.1, 0.15) is 5.56 Å². The van der Waals surface area contributed by atoms with Crippen molar-refractivity contribution in [2.75, 3.05) is 24.3 Å². The molecule has 0 saturated heterocycles. The van der Waals surface area contributed by atoms with Gasteiger partial charge < -0.3 is 26.1 Å². The lowest BCUT2D eigenvalue weighted by Crippen LogP contribution is -2.29. The zero-order valence-corrected chi connectivity index (χ0v) is 18.2. The molecule has 0 aliphatic rings. The molecule has 0 atom stereocenters. The van der Waals surface area contributed by atoms with Crippen LogP contribution in [-0.4, -0.2) is 18.6 Å². The van der Waals surface area contributed by atoms with Crippen LogP contribution in [0.3, 0.4) is 0 Å². The second-order valence-corrected chi connectivity index (χ2v) is 7.50. The largest absolute Gasteiger partial charge is 0.496 e. The summed E-state index contributed by atoms with van der Waals surface area (Å²) in [6.07, 6.45) is 6.39. The van der Waals surface area contributed by atoms with E-state index >= 15 is 0 Å². The van der Waals surface area contributed by atoms with Gasteiger partial charge in [-0.15, -0.1) is 0 Å². The van der Waals surface area contributed by atoms with Crippen molar-refractivity contribution in [1.82, 2.24) is 4.98 Å². The number of benzene rings is 3. The van der Waals surface area contributed by atoms with Crippen LogP contribution >= 0.6 is 0 Å². The minimum atomic E-state index is 0.738. The van der Waals surface area contributed by atoms with E-state index in [1.165, 1.54) is 22.7 Å². The predicted molar refractivity (Wildman–Crippen MR) is 135 cm³/mol. The van der Waals surface area contributed by atoms with Crippen molar-refractivity contribution < 1.29 is 4.74 Å². The van der Waals surface area contributed by atoms with Gasteiger partial charge in [-0.1, -0.05) is 36.9 Å². The van der Waals surface area contributed by atoms with Crippen molar-refractivity contribution in [3.8, 4) is 5.75 Å². The Hall–Kier alpha value is -4.12. The van der Waals surface area contributed by atoms with Crippen LogP contribution in [-0.2, 0) is 6.42 Å². The van der Waals surface area contributed by atoms with Gasteiger partial charge in [-0.2, -0.15) is 0 Å². The fraction of sp³-hybridized carbons (Fsp3) is 0.111. The van der Waals surface area contributed by atoms with Crippen LogP contribution < -0.4 is 31.5 Å². The number of hydrogen-bond acceptors (Lipinski definition) is 4. The highest BCUT2D eigenvalue weighted by Crippen LogP contribution is 2.19. The number of para-hydroxylation sites is 1. The van der Waals surface area contributed by atoms with Gasteiger partial charge in [0.1, 0.15) is 5.75 Å². The van der Waals surface area contributed by atoms with Gasteiger partial charge in [0.2, 0.25) is 0 Å². The third-order valence-electron chi connectivity index (χ3n) is 5.47. The average molecular weight is 425 g/mol. The number of fused-ring (bicyclic) bond motifs is 1. The highest BCUT2D eigenvalue weighted by atomic mass is 16.5. The molecule has 4 rings (SSSR count). The fourth-order valence-corrected chi connectivity index (χ4v) is 3.81. The van der Waals surface area contributed by atoms with Crippen molar-refractivity contribution in [3.63, 3.8) is 0 Å². The van der Waals surface area contributed by atoms with Gasteiger partial charge in [0.05, 0.1) is 7.11 Å². The number of ether oxygens (including phenoxy) is 1. The lowest BCUT2D eigenvalue weighted by molar-refractivity contribution is 0.411. The number of methoxy groups -OCH3 is 1. The molecule has 5 N–H and O–H groups in total. The van der Waals surface area contributed by atoms with Gasteiger partial charge in [-0.3, -0.25) is 0 Å². The minimum Gasteiger partial charge on any atom is -0.496 e. The van der Waals surface area contributed by atoms with Crippen molar-refractivity contribution in [2.45, 2.75) is 6.42 Å². The molecule has 5 nitrogen and oxygen atoms in total. The summed E-state index contributed by atoms with van der Waals surface area (Å²) in [5, 5.41) is 9.97. The Morgan fingerprint density at radius 3 is 2.59 bits per heavy atom. The van der Waals surface area contributed by atoms with E-state index < -0.39 is 0 Å². The molecule has 3 aromatic carbocycles. The number of anilines is 2. The molecule has 0 amide bonds. The predicted octanol–water partition coefficient (Wildman–Crippen LogP) is 3.93. The lowest BCUT2D eigenvalue weighted by atomic mass is 10.1. The van der Waals surface area contributed by atoms with E-state index in [-0.39, 0.29) is 0 Å². The normalized spacial score (nSPS) is 12.2. The molecule has 32 heavy (non-hydrogen) atoms. The Kier molecular flexibility index (Phi) is 6.46. The number of nitrogens with two attached hydrogens (primary N) is 1. The molecule has 0 saturated carbocycles. The maximum absolute atomic E-state index is 5.69. The second kappa shape index (κ2) is 9.79. The zero-order chi connectivity index (χ0) is 22.3. The number of nitrogens with one attached hydrogen (secondary N) is 3. The van der Waals surface area contributed by atoms with Crippen molar-refractivity contribution >= 4 is 34.6 Å². The SMILES string of the molecule is C=c1c(OC)ccc/c1=C(/C=C\N)Nc1ccc(NCCc2c[nH]c3ccccc23)cc1. The quantitative estimate of drug-likeness (QED) is 0.346. The summed E-state index contributed by atoms with van der Waals surface area (Å²) >= 11 is 0. The first-order valence-corrected chi connectivity index (χ1v) is 10.6. The van der Waals surface area contributed by atoms with Crippen LogP contribution in [0.15, 0.2) is 85.2 Å². The molecule has 5 heteroatoms. The molecule has 0 radical (unpaired) electrons. The zero-order valence-electron chi connectivity index (χ0n) is 18.2. The Bertz CT molecular complexity index is 1340. The maximum atomic E-state index is 5.69. The standard InChI is InChI=1S/C27H28N4O/c1-19-23(7-5-9-27(19)32-2)26(14-16-28)31-22-12-10-21(11-13-22)29-17-15-20-18-30-25-8-4-3-6-24(20)25/h3-14,16,18,29-31H,1,15,17,28H2,2H3/b16-14-,26-23+. The third-order valence-corrected chi connectivity index (χ3v) is 5.47. The van der Waals surface area contributed by atoms with Gasteiger partial charge in [0.25, 0.3) is 0 Å². The molecule has 0 unspecified atom stereocenters. The first-order valence-electron chi connectivity index (χ1n) is 10.6. The minimum absolute atomic E-state index is 0.738. The van der Waals surface area contributed by atoms with Crippen LogP contribution in [0, 0.1) is 0 Å². The number of aromatic amines is 1. The smallest absolute Gasteiger partial charge is 0.126 e. The number of aromatic nitrogens is 1. The van der Waals surface area contributed by atoms with E-state index in [1.54, 1.807) is 7.11 Å². The Balaban J connectivity index is 1.45. The molecule has 0 fully saturated rings. The fourth-order valence-electron chi connectivity index (χ4n) is 3.81. The van der Waals surface area contributed by atoms with E-state index in [2.05, 4.69) is 64.8 Å². The molecule has 1 aromatic heterocycles. The van der Waals surface area contributed by atoms with Gasteiger partial charge in [-0.05, 0) is 60.7 Å². The van der Waals surface area contributed by atoms with Crippen molar-refractivity contribution in [1.29, 1.82) is 0 Å². The number of hydrogen-bond donors (Lipinski definition) is 4. The summed E-state index contributed by atoms with van der Waals surface area (Å²) in [7, 11) is 1.64. The van der Waals surface area contributed by atoms with Crippen LogP contribution in [0.5, 0.6) is 5.75 Å². The third kappa shape index (κ3) is 4.62. The topological polar surface area (TPSA) is 75.1 Å². The molecule has 162 valence electrons. The lowest BCUT2D eigenvalue weighted by Gasteiger charge is -2.11. The average Bonchev–Trinajstić information content (AvgIpc) is 3.23.